The molecule has 0 amide bonds. The largest absolute Gasteiger partial charge is 0.306 e. The number of hydrogen-bond donors (Lipinski definition) is 1. The molecule has 1 aromatic heterocycles. The molecule has 0 aliphatic carbocycles. The van der Waals surface area contributed by atoms with Gasteiger partial charge >= 0.3 is 0 Å². The van der Waals surface area contributed by atoms with Crippen molar-refractivity contribution < 1.29 is 0 Å². The molecular formula is C11H20N2S. The van der Waals surface area contributed by atoms with Gasteiger partial charge in [0.2, 0.25) is 0 Å². The van der Waals surface area contributed by atoms with Crippen molar-refractivity contribution in [2.45, 2.75) is 39.7 Å². The van der Waals surface area contributed by atoms with Crippen LogP contribution in [0.3, 0.4) is 0 Å². The van der Waals surface area contributed by atoms with Gasteiger partial charge in [0.05, 0.1) is 5.54 Å². The fraction of sp³-hybridized carbons (Fsp3) is 0.727. The van der Waals surface area contributed by atoms with E-state index in [2.05, 4.69) is 38.0 Å². The van der Waals surface area contributed by atoms with E-state index >= 15 is 0 Å². The van der Waals surface area contributed by atoms with Crippen LogP contribution in [0.4, 0.5) is 0 Å². The molecule has 0 aliphatic rings. The lowest BCUT2D eigenvalue weighted by atomic mass is 9.85. The van der Waals surface area contributed by atoms with E-state index in [4.69, 9.17) is 0 Å². The second-order valence-corrected chi connectivity index (χ2v) is 4.77. The van der Waals surface area contributed by atoms with Crippen molar-refractivity contribution in [2.24, 2.45) is 5.92 Å². The smallest absolute Gasteiger partial charge is 0.113 e. The van der Waals surface area contributed by atoms with Crippen molar-refractivity contribution in [3.8, 4) is 0 Å². The van der Waals surface area contributed by atoms with E-state index in [1.165, 1.54) is 11.4 Å². The van der Waals surface area contributed by atoms with Gasteiger partial charge in [0.1, 0.15) is 5.01 Å². The zero-order valence-corrected chi connectivity index (χ0v) is 10.3. The molecule has 2 atom stereocenters. The number of thiazole rings is 1. The first-order chi connectivity index (χ1) is 6.65. The van der Waals surface area contributed by atoms with Gasteiger partial charge in [-0.2, -0.15) is 0 Å². The summed E-state index contributed by atoms with van der Waals surface area (Å²) < 4.78 is 0. The highest BCUT2D eigenvalue weighted by molar-refractivity contribution is 7.09. The summed E-state index contributed by atoms with van der Waals surface area (Å²) in [5.74, 6) is 0.605. The Hall–Kier alpha value is -0.410. The molecule has 0 bridgehead atoms. The summed E-state index contributed by atoms with van der Waals surface area (Å²) in [6.45, 7) is 9.90. The van der Waals surface area contributed by atoms with E-state index in [1.807, 2.05) is 11.6 Å². The van der Waals surface area contributed by atoms with Crippen molar-refractivity contribution in [3.63, 3.8) is 0 Å². The van der Waals surface area contributed by atoms with Gasteiger partial charge in [0, 0.05) is 11.6 Å². The zero-order chi connectivity index (χ0) is 10.6. The maximum Gasteiger partial charge on any atom is 0.113 e. The maximum absolute atomic E-state index is 4.43. The van der Waals surface area contributed by atoms with Crippen LogP contribution in [0.2, 0.25) is 0 Å². The Kier molecular flexibility index (Phi) is 4.08. The average molecular weight is 212 g/mol. The van der Waals surface area contributed by atoms with Gasteiger partial charge in [-0.15, -0.1) is 11.3 Å². The molecule has 80 valence electrons. The third kappa shape index (κ3) is 2.15. The highest BCUT2D eigenvalue weighted by atomic mass is 32.1. The van der Waals surface area contributed by atoms with Crippen molar-refractivity contribution in [1.82, 2.24) is 10.3 Å². The molecule has 1 rings (SSSR count). The van der Waals surface area contributed by atoms with Crippen LogP contribution in [0.25, 0.3) is 0 Å². The lowest BCUT2D eigenvalue weighted by Crippen LogP contribution is -2.44. The predicted octanol–water partition coefficient (Wildman–Crippen LogP) is 3.01. The Labute approximate surface area is 90.8 Å². The average Bonchev–Trinajstić information content (AvgIpc) is 2.70. The van der Waals surface area contributed by atoms with Crippen LogP contribution >= 0.6 is 11.3 Å². The summed E-state index contributed by atoms with van der Waals surface area (Å²) in [7, 11) is 0. The molecule has 1 N–H and O–H groups in total. The van der Waals surface area contributed by atoms with Gasteiger partial charge in [-0.25, -0.2) is 4.98 Å². The molecule has 0 aromatic carbocycles. The molecular weight excluding hydrogens is 192 g/mol. The lowest BCUT2D eigenvalue weighted by molar-refractivity contribution is 0.246. The molecule has 0 radical (unpaired) electrons. The van der Waals surface area contributed by atoms with E-state index in [-0.39, 0.29) is 5.54 Å². The monoisotopic (exact) mass is 212 g/mol. The molecule has 0 saturated carbocycles. The summed E-state index contributed by atoms with van der Waals surface area (Å²) in [6, 6.07) is 0. The standard InChI is InChI=1S/C11H20N2S/c1-5-9(3)11(4,13-6-2)10-12-7-8-14-10/h7-9,13H,5-6H2,1-4H3. The molecule has 2 unspecified atom stereocenters. The van der Waals surface area contributed by atoms with Gasteiger partial charge in [0.15, 0.2) is 0 Å². The molecule has 0 fully saturated rings. The SMILES string of the molecule is CCNC(C)(c1nccs1)C(C)CC. The van der Waals surface area contributed by atoms with E-state index in [9.17, 15) is 0 Å². The summed E-state index contributed by atoms with van der Waals surface area (Å²) >= 11 is 1.74. The van der Waals surface area contributed by atoms with Crippen molar-refractivity contribution >= 4 is 11.3 Å². The maximum atomic E-state index is 4.43. The van der Waals surface area contributed by atoms with Crippen LogP contribution < -0.4 is 5.32 Å². The molecule has 1 aromatic rings. The third-order valence-corrected chi connectivity index (χ3v) is 4.03. The van der Waals surface area contributed by atoms with Gasteiger partial charge in [-0.1, -0.05) is 27.2 Å². The fourth-order valence-electron chi connectivity index (χ4n) is 1.72. The minimum absolute atomic E-state index is 0.0394. The Balaban J connectivity index is 2.92. The van der Waals surface area contributed by atoms with Crippen LogP contribution in [0, 0.1) is 5.92 Å². The Morgan fingerprint density at radius 3 is 2.71 bits per heavy atom. The number of hydrogen-bond acceptors (Lipinski definition) is 3. The predicted molar refractivity (Wildman–Crippen MR) is 62.6 cm³/mol. The highest BCUT2D eigenvalue weighted by Gasteiger charge is 2.33. The second kappa shape index (κ2) is 4.89. The minimum atomic E-state index is 0.0394. The number of aromatic nitrogens is 1. The third-order valence-electron chi connectivity index (χ3n) is 3.02. The van der Waals surface area contributed by atoms with E-state index in [0.717, 1.165) is 6.54 Å². The van der Waals surface area contributed by atoms with Crippen molar-refractivity contribution in [2.75, 3.05) is 6.54 Å². The van der Waals surface area contributed by atoms with Gasteiger partial charge < -0.3 is 5.32 Å². The van der Waals surface area contributed by atoms with Crippen molar-refractivity contribution in [3.05, 3.63) is 16.6 Å². The summed E-state index contributed by atoms with van der Waals surface area (Å²) in [4.78, 5) is 4.43. The molecule has 1 heterocycles. The first-order valence-electron chi connectivity index (χ1n) is 5.30. The number of nitrogens with zero attached hydrogens (tertiary/aromatic N) is 1. The molecule has 2 nitrogen and oxygen atoms in total. The lowest BCUT2D eigenvalue weighted by Gasteiger charge is -2.34. The first-order valence-corrected chi connectivity index (χ1v) is 6.18. The zero-order valence-electron chi connectivity index (χ0n) is 9.50. The number of nitrogens with one attached hydrogen (secondary N) is 1. The van der Waals surface area contributed by atoms with E-state index < -0.39 is 0 Å². The van der Waals surface area contributed by atoms with Gasteiger partial charge in [-0.3, -0.25) is 0 Å². The minimum Gasteiger partial charge on any atom is -0.306 e. The summed E-state index contributed by atoms with van der Waals surface area (Å²) in [6.07, 6.45) is 3.06. The van der Waals surface area contributed by atoms with E-state index in [1.54, 1.807) is 11.3 Å². The Morgan fingerprint density at radius 2 is 2.29 bits per heavy atom. The van der Waals surface area contributed by atoms with Crippen molar-refractivity contribution in [1.29, 1.82) is 0 Å². The highest BCUT2D eigenvalue weighted by Crippen LogP contribution is 2.32. The van der Waals surface area contributed by atoms with Crippen LogP contribution in [0.1, 0.15) is 39.1 Å². The molecule has 3 heteroatoms. The second-order valence-electron chi connectivity index (χ2n) is 3.88. The quantitative estimate of drug-likeness (QED) is 0.811. The van der Waals surface area contributed by atoms with Gasteiger partial charge in [-0.05, 0) is 19.4 Å². The normalized spacial score (nSPS) is 17.7. The van der Waals surface area contributed by atoms with Crippen LogP contribution in [0.5, 0.6) is 0 Å². The summed E-state index contributed by atoms with van der Waals surface area (Å²) in [5, 5.41) is 6.81. The first kappa shape index (κ1) is 11.7. The van der Waals surface area contributed by atoms with Crippen LogP contribution in [-0.2, 0) is 5.54 Å². The Bertz CT molecular complexity index is 258. The molecule has 14 heavy (non-hydrogen) atoms. The molecule has 0 aliphatic heterocycles. The topological polar surface area (TPSA) is 24.9 Å². The molecule has 0 saturated heterocycles. The van der Waals surface area contributed by atoms with Gasteiger partial charge in [0.25, 0.3) is 0 Å². The fourth-order valence-corrected chi connectivity index (χ4v) is 2.61. The number of rotatable bonds is 5. The Morgan fingerprint density at radius 1 is 1.57 bits per heavy atom. The van der Waals surface area contributed by atoms with Crippen LogP contribution in [0.15, 0.2) is 11.6 Å². The van der Waals surface area contributed by atoms with E-state index in [0.29, 0.717) is 5.92 Å². The van der Waals surface area contributed by atoms with Crippen LogP contribution in [-0.4, -0.2) is 11.5 Å². The molecule has 0 spiro atoms. The summed E-state index contributed by atoms with van der Waals surface area (Å²) in [5.41, 5.74) is 0.0394.